The molecule has 0 unspecified atom stereocenters. The summed E-state index contributed by atoms with van der Waals surface area (Å²) in [6.45, 7) is 1.66. The molecule has 2 aliphatic rings. The third-order valence-corrected chi connectivity index (χ3v) is 3.81. The van der Waals surface area contributed by atoms with Crippen LogP contribution in [0.5, 0.6) is 0 Å². The van der Waals surface area contributed by atoms with Gasteiger partial charge in [0.1, 0.15) is 11.9 Å². The van der Waals surface area contributed by atoms with Crippen LogP contribution in [0.25, 0.3) is 0 Å². The predicted octanol–water partition coefficient (Wildman–Crippen LogP) is 1.70. The summed E-state index contributed by atoms with van der Waals surface area (Å²) in [6, 6.07) is 5.69. The zero-order valence-corrected chi connectivity index (χ0v) is 10.4. The molecule has 4 nitrogen and oxygen atoms in total. The minimum absolute atomic E-state index is 0.0936. The van der Waals surface area contributed by atoms with Crippen molar-refractivity contribution in [2.24, 2.45) is 0 Å². The smallest absolute Gasteiger partial charge is 0.254 e. The molecule has 1 heterocycles. The van der Waals surface area contributed by atoms with E-state index in [4.69, 9.17) is 10.00 Å². The fourth-order valence-corrected chi connectivity index (χ4v) is 2.51. The highest BCUT2D eigenvalue weighted by molar-refractivity contribution is 5.95. The third-order valence-electron chi connectivity index (χ3n) is 3.81. The molecule has 98 valence electrons. The Bertz CT molecular complexity index is 575. The number of ether oxygens (including phenoxy) is 1. The number of benzene rings is 1. The zero-order valence-electron chi connectivity index (χ0n) is 10.4. The second-order valence-corrected chi connectivity index (χ2v) is 5.04. The van der Waals surface area contributed by atoms with E-state index in [-0.39, 0.29) is 17.0 Å². The highest BCUT2D eigenvalue weighted by Crippen LogP contribution is 2.44. The summed E-state index contributed by atoms with van der Waals surface area (Å²) in [4.78, 5) is 14.3. The maximum absolute atomic E-state index is 13.3. The summed E-state index contributed by atoms with van der Waals surface area (Å²) >= 11 is 0. The van der Waals surface area contributed by atoms with Gasteiger partial charge in [-0.3, -0.25) is 4.79 Å². The van der Waals surface area contributed by atoms with Crippen LogP contribution in [-0.2, 0) is 4.74 Å². The Balaban J connectivity index is 1.90. The Morgan fingerprint density at radius 2 is 2.26 bits per heavy atom. The van der Waals surface area contributed by atoms with Gasteiger partial charge >= 0.3 is 0 Å². The number of hydrogen-bond acceptors (Lipinski definition) is 3. The fourth-order valence-electron chi connectivity index (χ4n) is 2.51. The van der Waals surface area contributed by atoms with Gasteiger partial charge in [-0.2, -0.15) is 5.26 Å². The summed E-state index contributed by atoms with van der Waals surface area (Å²) in [5.41, 5.74) is 0.117. The molecule has 1 aromatic carbocycles. The van der Waals surface area contributed by atoms with Crippen LogP contribution in [-0.4, -0.2) is 36.1 Å². The van der Waals surface area contributed by atoms with Gasteiger partial charge in [0.05, 0.1) is 24.3 Å². The molecule has 1 aliphatic heterocycles. The van der Waals surface area contributed by atoms with Gasteiger partial charge in [0.15, 0.2) is 0 Å². The van der Waals surface area contributed by atoms with E-state index in [1.54, 1.807) is 6.07 Å². The van der Waals surface area contributed by atoms with E-state index in [0.717, 1.165) is 12.8 Å². The van der Waals surface area contributed by atoms with Gasteiger partial charge in [0, 0.05) is 12.1 Å². The van der Waals surface area contributed by atoms with E-state index in [2.05, 4.69) is 0 Å². The summed E-state index contributed by atoms with van der Waals surface area (Å²) in [5.74, 6) is -0.737. The minimum atomic E-state index is -0.595. The molecule has 0 N–H and O–H groups in total. The molecule has 1 saturated carbocycles. The molecule has 0 aromatic heterocycles. The Hall–Kier alpha value is -1.93. The van der Waals surface area contributed by atoms with Crippen LogP contribution in [0.4, 0.5) is 4.39 Å². The summed E-state index contributed by atoms with van der Waals surface area (Å²) < 4.78 is 18.7. The van der Waals surface area contributed by atoms with Gasteiger partial charge in [0.25, 0.3) is 5.91 Å². The highest BCUT2D eigenvalue weighted by atomic mass is 19.1. The lowest BCUT2D eigenvalue weighted by Crippen LogP contribution is -2.50. The number of morpholine rings is 1. The number of carbonyl (C=O) groups excluding carboxylic acids is 1. The number of amides is 1. The summed E-state index contributed by atoms with van der Waals surface area (Å²) in [7, 11) is 0. The maximum atomic E-state index is 13.3. The number of halogens is 1. The molecule has 1 amide bonds. The topological polar surface area (TPSA) is 53.3 Å². The molecule has 0 atom stereocenters. The predicted molar refractivity (Wildman–Crippen MR) is 64.9 cm³/mol. The first-order valence-corrected chi connectivity index (χ1v) is 6.26. The lowest BCUT2D eigenvalue weighted by Gasteiger charge is -2.36. The van der Waals surface area contributed by atoms with Crippen LogP contribution >= 0.6 is 0 Å². The number of hydrogen-bond donors (Lipinski definition) is 0. The Morgan fingerprint density at radius 3 is 2.95 bits per heavy atom. The molecule has 5 heteroatoms. The van der Waals surface area contributed by atoms with Crippen molar-refractivity contribution in [3.8, 4) is 6.07 Å². The molecule has 1 aliphatic carbocycles. The van der Waals surface area contributed by atoms with Crippen molar-refractivity contribution in [2.75, 3.05) is 19.8 Å². The largest absolute Gasteiger partial charge is 0.377 e. The quantitative estimate of drug-likeness (QED) is 0.772. The van der Waals surface area contributed by atoms with E-state index in [9.17, 15) is 9.18 Å². The van der Waals surface area contributed by atoms with E-state index in [1.165, 1.54) is 18.2 Å². The van der Waals surface area contributed by atoms with E-state index in [0.29, 0.717) is 25.3 Å². The van der Waals surface area contributed by atoms with Crippen molar-refractivity contribution in [1.82, 2.24) is 4.90 Å². The minimum Gasteiger partial charge on any atom is -0.377 e. The van der Waals surface area contributed by atoms with Gasteiger partial charge in [-0.25, -0.2) is 4.39 Å². The summed E-state index contributed by atoms with van der Waals surface area (Å²) in [6.07, 6.45) is 1.90. The first-order valence-electron chi connectivity index (χ1n) is 6.26. The van der Waals surface area contributed by atoms with Gasteiger partial charge in [-0.05, 0) is 31.0 Å². The number of rotatable bonds is 1. The van der Waals surface area contributed by atoms with Crippen molar-refractivity contribution in [1.29, 1.82) is 5.26 Å². The molecule has 1 spiro atoms. The van der Waals surface area contributed by atoms with Crippen LogP contribution in [0.1, 0.15) is 28.8 Å². The zero-order chi connectivity index (χ0) is 13.5. The van der Waals surface area contributed by atoms with Crippen molar-refractivity contribution in [3.05, 3.63) is 35.1 Å². The Morgan fingerprint density at radius 1 is 1.47 bits per heavy atom. The fraction of sp³-hybridized carbons (Fsp3) is 0.429. The average Bonchev–Trinajstić information content (AvgIpc) is 3.19. The molecular weight excluding hydrogens is 247 g/mol. The maximum Gasteiger partial charge on any atom is 0.254 e. The van der Waals surface area contributed by atoms with Crippen LogP contribution in [0.3, 0.4) is 0 Å². The first-order chi connectivity index (χ1) is 9.16. The van der Waals surface area contributed by atoms with Gasteiger partial charge in [0.2, 0.25) is 0 Å². The van der Waals surface area contributed by atoms with E-state index < -0.39 is 5.82 Å². The molecule has 1 aromatic rings. The monoisotopic (exact) mass is 260 g/mol. The third kappa shape index (κ3) is 1.98. The lowest BCUT2D eigenvalue weighted by atomic mass is 10.1. The van der Waals surface area contributed by atoms with Crippen molar-refractivity contribution in [3.63, 3.8) is 0 Å². The van der Waals surface area contributed by atoms with E-state index in [1.807, 2.05) is 4.90 Å². The molecule has 19 heavy (non-hydrogen) atoms. The van der Waals surface area contributed by atoms with Crippen molar-refractivity contribution in [2.45, 2.75) is 18.4 Å². The standard InChI is InChI=1S/C14H13FN2O2/c15-12-2-1-10(7-11(12)8-16)13(18)17-5-6-19-9-14(17)3-4-14/h1-2,7H,3-6,9H2. The lowest BCUT2D eigenvalue weighted by molar-refractivity contribution is -0.0117. The second-order valence-electron chi connectivity index (χ2n) is 5.04. The second kappa shape index (κ2) is 4.32. The molecule has 2 fully saturated rings. The SMILES string of the molecule is N#Cc1cc(C(=O)N2CCOCC23CC3)ccc1F. The van der Waals surface area contributed by atoms with Crippen LogP contribution in [0, 0.1) is 17.1 Å². The Labute approximate surface area is 110 Å². The van der Waals surface area contributed by atoms with Gasteiger partial charge in [-0.15, -0.1) is 0 Å². The molecule has 0 radical (unpaired) electrons. The Kier molecular flexibility index (Phi) is 2.76. The number of nitrogens with zero attached hydrogens (tertiary/aromatic N) is 2. The molecule has 1 saturated heterocycles. The first kappa shape index (κ1) is 12.1. The van der Waals surface area contributed by atoms with Crippen LogP contribution in [0.15, 0.2) is 18.2 Å². The highest BCUT2D eigenvalue weighted by Gasteiger charge is 2.52. The normalized spacial score (nSPS) is 20.1. The van der Waals surface area contributed by atoms with Gasteiger partial charge in [-0.1, -0.05) is 0 Å². The van der Waals surface area contributed by atoms with Crippen LogP contribution in [0.2, 0.25) is 0 Å². The molecular formula is C14H13FN2O2. The van der Waals surface area contributed by atoms with E-state index >= 15 is 0 Å². The molecule has 3 rings (SSSR count). The van der Waals surface area contributed by atoms with Crippen molar-refractivity contribution < 1.29 is 13.9 Å². The van der Waals surface area contributed by atoms with Crippen LogP contribution < -0.4 is 0 Å². The van der Waals surface area contributed by atoms with Gasteiger partial charge < -0.3 is 9.64 Å². The number of carbonyl (C=O) groups is 1. The average molecular weight is 260 g/mol. The van der Waals surface area contributed by atoms with Crippen molar-refractivity contribution >= 4 is 5.91 Å². The summed E-state index contributed by atoms with van der Waals surface area (Å²) in [5, 5.41) is 8.82. The number of nitriles is 1. The molecule has 0 bridgehead atoms.